The van der Waals surface area contributed by atoms with E-state index >= 15 is 4.39 Å². The van der Waals surface area contributed by atoms with E-state index in [-0.39, 0.29) is 35.1 Å². The maximum Gasteiger partial charge on any atom is 0.365 e. The molecule has 0 saturated carbocycles. The Morgan fingerprint density at radius 1 is 1.20 bits per heavy atom. The zero-order chi connectivity index (χ0) is 24.8. The summed E-state index contributed by atoms with van der Waals surface area (Å²) in [5.74, 6) is -4.97. The first-order valence-corrected chi connectivity index (χ1v) is 11.1. The number of H-pyrrole nitrogens is 2. The molecule has 1 aliphatic rings. The predicted octanol–water partition coefficient (Wildman–Crippen LogP) is 2.48. The Labute approximate surface area is 204 Å². The van der Waals surface area contributed by atoms with Gasteiger partial charge < -0.3 is 5.32 Å². The highest BCUT2D eigenvalue weighted by Crippen LogP contribution is 2.27. The number of nitrogens with zero attached hydrogens (tertiary/aromatic N) is 2. The number of aromatic amines is 2. The molecular formula is C23H23ClF3N7O+2. The fraction of sp³-hybridized carbons (Fsp3) is 0.217. The Bertz CT molecular complexity index is 1220. The Morgan fingerprint density at radius 3 is 2.74 bits per heavy atom. The third-order valence-corrected chi connectivity index (χ3v) is 5.67. The van der Waals surface area contributed by atoms with Gasteiger partial charge in [-0.1, -0.05) is 29.8 Å². The first-order valence-electron chi connectivity index (χ1n) is 10.7. The number of hydrazine groups is 1. The van der Waals surface area contributed by atoms with Crippen LogP contribution in [0.15, 0.2) is 59.9 Å². The zero-order valence-corrected chi connectivity index (χ0v) is 19.2. The number of aromatic nitrogens is 2. The van der Waals surface area contributed by atoms with E-state index in [1.165, 1.54) is 24.5 Å². The Morgan fingerprint density at radius 2 is 2.00 bits per heavy atom. The predicted molar refractivity (Wildman–Crippen MR) is 124 cm³/mol. The molecular weight excluding hydrogens is 483 g/mol. The number of halogens is 4. The second-order valence-electron chi connectivity index (χ2n) is 7.73. The average molecular weight is 506 g/mol. The smallest absolute Gasteiger partial charge is 0.352 e. The number of benzene rings is 1. The molecule has 8 nitrogen and oxygen atoms in total. The maximum absolute atomic E-state index is 15.1. The summed E-state index contributed by atoms with van der Waals surface area (Å²) in [5, 5.41) is 6.91. The molecule has 2 aromatic heterocycles. The van der Waals surface area contributed by atoms with Gasteiger partial charge in [-0.3, -0.25) is 25.5 Å². The number of rotatable bonds is 9. The molecule has 1 aliphatic heterocycles. The van der Waals surface area contributed by atoms with Gasteiger partial charge in [0.25, 0.3) is 5.69 Å². The quantitative estimate of drug-likeness (QED) is 0.416. The van der Waals surface area contributed by atoms with Crippen molar-refractivity contribution in [1.82, 2.24) is 10.7 Å². The van der Waals surface area contributed by atoms with Gasteiger partial charge in [0.05, 0.1) is 17.1 Å². The lowest BCUT2D eigenvalue weighted by Crippen LogP contribution is -2.34. The Kier molecular flexibility index (Phi) is 7.35. The van der Waals surface area contributed by atoms with Gasteiger partial charge in [-0.2, -0.15) is 13.2 Å². The highest BCUT2D eigenvalue weighted by Gasteiger charge is 2.40. The van der Waals surface area contributed by atoms with Crippen LogP contribution < -0.4 is 31.0 Å². The second kappa shape index (κ2) is 10.6. The van der Waals surface area contributed by atoms with Gasteiger partial charge >= 0.3 is 11.7 Å². The van der Waals surface area contributed by atoms with Crippen molar-refractivity contribution in [1.29, 1.82) is 0 Å². The third kappa shape index (κ3) is 5.80. The van der Waals surface area contributed by atoms with Crippen LogP contribution in [-0.4, -0.2) is 25.5 Å². The van der Waals surface area contributed by atoms with Crippen LogP contribution in [0.25, 0.3) is 0 Å². The molecule has 12 heteroatoms. The van der Waals surface area contributed by atoms with Crippen LogP contribution in [0.2, 0.25) is 5.02 Å². The summed E-state index contributed by atoms with van der Waals surface area (Å²) >= 11 is 6.10. The van der Waals surface area contributed by atoms with Crippen molar-refractivity contribution in [2.45, 2.75) is 18.9 Å². The van der Waals surface area contributed by atoms with Crippen molar-refractivity contribution in [3.05, 3.63) is 82.5 Å². The van der Waals surface area contributed by atoms with E-state index < -0.39 is 24.2 Å². The number of alkyl halides is 2. The SMILES string of the molecule is O=C(Cc1c(Cl)c[nH+]c(NCC(F)(F)c2cccc[nH+]2)c1F)NCc1ccccc1N1CN=CN1. The minimum atomic E-state index is -3.29. The van der Waals surface area contributed by atoms with Crippen molar-refractivity contribution in [3.8, 4) is 0 Å². The number of pyridine rings is 2. The summed E-state index contributed by atoms with van der Waals surface area (Å²) in [6.45, 7) is -0.251. The summed E-state index contributed by atoms with van der Waals surface area (Å²) < 4.78 is 43.9. The van der Waals surface area contributed by atoms with Crippen LogP contribution in [0.5, 0.6) is 0 Å². The van der Waals surface area contributed by atoms with E-state index in [0.717, 1.165) is 11.3 Å². The Hall–Kier alpha value is -3.86. The summed E-state index contributed by atoms with van der Waals surface area (Å²) in [6.07, 6.45) is 3.83. The van der Waals surface area contributed by atoms with Crippen LogP contribution >= 0.6 is 11.6 Å². The summed E-state index contributed by atoms with van der Waals surface area (Å²) in [4.78, 5) is 21.7. The molecule has 0 saturated heterocycles. The molecule has 3 aromatic rings. The second-order valence-corrected chi connectivity index (χ2v) is 8.14. The number of anilines is 2. The van der Waals surface area contributed by atoms with E-state index in [2.05, 4.69) is 31.0 Å². The number of hydrogen-bond donors (Lipinski definition) is 3. The van der Waals surface area contributed by atoms with Gasteiger partial charge in [0.15, 0.2) is 12.7 Å². The first-order chi connectivity index (χ1) is 16.8. The van der Waals surface area contributed by atoms with Crippen molar-refractivity contribution in [2.24, 2.45) is 4.99 Å². The molecule has 0 spiro atoms. The summed E-state index contributed by atoms with van der Waals surface area (Å²) in [7, 11) is 0. The van der Waals surface area contributed by atoms with Crippen LogP contribution in [0.4, 0.5) is 24.7 Å². The molecule has 1 aromatic carbocycles. The van der Waals surface area contributed by atoms with E-state index in [0.29, 0.717) is 6.67 Å². The lowest BCUT2D eigenvalue weighted by molar-refractivity contribution is -0.412. The van der Waals surface area contributed by atoms with Gasteiger partial charge in [-0.05, 0) is 17.7 Å². The Balaban J connectivity index is 1.41. The maximum atomic E-state index is 15.1. The third-order valence-electron chi connectivity index (χ3n) is 5.33. The molecule has 0 atom stereocenters. The molecule has 0 fully saturated rings. The zero-order valence-electron chi connectivity index (χ0n) is 18.4. The fourth-order valence-electron chi connectivity index (χ4n) is 3.51. The van der Waals surface area contributed by atoms with Crippen molar-refractivity contribution in [3.63, 3.8) is 0 Å². The van der Waals surface area contributed by atoms with E-state index in [9.17, 15) is 13.6 Å². The molecule has 0 unspecified atom stereocenters. The average Bonchev–Trinajstić information content (AvgIpc) is 3.40. The molecule has 5 N–H and O–H groups in total. The van der Waals surface area contributed by atoms with Gasteiger partial charge in [0.1, 0.15) is 19.2 Å². The van der Waals surface area contributed by atoms with Crippen molar-refractivity contribution in [2.75, 3.05) is 23.5 Å². The highest BCUT2D eigenvalue weighted by atomic mass is 35.5. The monoisotopic (exact) mass is 505 g/mol. The summed E-state index contributed by atoms with van der Waals surface area (Å²) in [5.41, 5.74) is 4.23. The van der Waals surface area contributed by atoms with Crippen molar-refractivity contribution >= 4 is 35.4 Å². The molecule has 0 radical (unpaired) electrons. The lowest BCUT2D eigenvalue weighted by Gasteiger charge is -2.20. The van der Waals surface area contributed by atoms with Gasteiger partial charge in [-0.15, -0.1) is 0 Å². The summed E-state index contributed by atoms with van der Waals surface area (Å²) in [6, 6.07) is 11.7. The number of hydrogen-bond acceptors (Lipinski definition) is 5. The molecule has 35 heavy (non-hydrogen) atoms. The normalized spacial score (nSPS) is 13.0. The van der Waals surface area contributed by atoms with Gasteiger partial charge in [0.2, 0.25) is 11.7 Å². The van der Waals surface area contributed by atoms with E-state index in [4.69, 9.17) is 11.6 Å². The van der Waals surface area contributed by atoms with E-state index in [1.807, 2.05) is 29.3 Å². The van der Waals surface area contributed by atoms with Crippen LogP contribution in [0.1, 0.15) is 16.8 Å². The molecule has 182 valence electrons. The molecule has 1 amide bonds. The number of amides is 1. The number of carbonyl (C=O) groups excluding carboxylic acids is 1. The van der Waals surface area contributed by atoms with Crippen LogP contribution in [0, 0.1) is 5.82 Å². The molecule has 0 bridgehead atoms. The van der Waals surface area contributed by atoms with Gasteiger partial charge in [-0.25, -0.2) is 9.97 Å². The lowest BCUT2D eigenvalue weighted by atomic mass is 10.1. The topological polar surface area (TPSA) is 97.0 Å². The largest absolute Gasteiger partial charge is 0.365 e. The van der Waals surface area contributed by atoms with Crippen LogP contribution in [-0.2, 0) is 23.7 Å². The number of carbonyl (C=O) groups is 1. The van der Waals surface area contributed by atoms with E-state index in [1.54, 1.807) is 12.4 Å². The first kappa shape index (κ1) is 24.3. The molecule has 4 rings (SSSR count). The highest BCUT2D eigenvalue weighted by molar-refractivity contribution is 6.31. The molecule has 3 heterocycles. The minimum Gasteiger partial charge on any atom is -0.352 e. The number of aliphatic imine (C=N–C) groups is 1. The van der Waals surface area contributed by atoms with Crippen LogP contribution in [0.3, 0.4) is 0 Å². The van der Waals surface area contributed by atoms with Crippen molar-refractivity contribution < 1.29 is 27.9 Å². The minimum absolute atomic E-state index is 0.0230. The molecule has 0 aliphatic carbocycles. The fourth-order valence-corrected chi connectivity index (χ4v) is 3.71. The number of para-hydroxylation sites is 1. The standard InChI is InChI=1S/C23H21ClF3N7O/c24-17-11-31-22(32-12-23(26,27)19-7-3-4-8-29-19)21(25)16(17)9-20(35)30-10-15-5-1-2-6-18(15)34-14-28-13-33-34/h1-8,11,13H,9-10,12,14H2,(H,28,33)(H,30,35)(H,31,32)/p+2. The van der Waals surface area contributed by atoms with Gasteiger partial charge in [0, 0.05) is 24.2 Å². The number of nitrogens with one attached hydrogen (secondary N) is 5.